The second-order valence-electron chi connectivity index (χ2n) is 7.89. The lowest BCUT2D eigenvalue weighted by atomic mass is 10.1. The normalized spacial score (nSPS) is 16.6. The Morgan fingerprint density at radius 2 is 1.80 bits per heavy atom. The van der Waals surface area contributed by atoms with Crippen molar-refractivity contribution in [1.82, 2.24) is 0 Å². The Balaban J connectivity index is 1.71. The lowest BCUT2D eigenvalue weighted by molar-refractivity contribution is -0.117. The molecule has 0 aromatic heterocycles. The Morgan fingerprint density at radius 3 is 2.43 bits per heavy atom. The first-order chi connectivity index (χ1) is 16.9. The minimum absolute atomic E-state index is 0.152. The third-order valence-corrected chi connectivity index (χ3v) is 7.09. The Morgan fingerprint density at radius 1 is 1.11 bits per heavy atom. The van der Waals surface area contributed by atoms with Crippen LogP contribution in [0.2, 0.25) is 5.02 Å². The molecule has 8 heteroatoms. The average Bonchev–Trinajstić information content (AvgIpc) is 3.17. The third-order valence-electron chi connectivity index (χ3n) is 5.50. The second kappa shape index (κ2) is 10.7. The summed E-state index contributed by atoms with van der Waals surface area (Å²) in [6.07, 6.45) is 0.435. The van der Waals surface area contributed by atoms with Crippen molar-refractivity contribution in [3.05, 3.63) is 99.5 Å². The molecule has 35 heavy (non-hydrogen) atoms. The van der Waals surface area contributed by atoms with Crippen LogP contribution in [0.4, 0.5) is 11.4 Å². The van der Waals surface area contributed by atoms with Crippen molar-refractivity contribution in [2.45, 2.75) is 18.6 Å². The predicted octanol–water partition coefficient (Wildman–Crippen LogP) is 5.72. The summed E-state index contributed by atoms with van der Waals surface area (Å²) in [5.74, 6) is -0.0925. The molecule has 0 spiro atoms. The van der Waals surface area contributed by atoms with Gasteiger partial charge in [-0.1, -0.05) is 65.3 Å². The molecule has 4 rings (SSSR count). The van der Waals surface area contributed by atoms with Crippen LogP contribution in [0.1, 0.15) is 11.1 Å². The number of nitrogens with one attached hydrogen (secondary N) is 1. The van der Waals surface area contributed by atoms with Crippen LogP contribution in [0.3, 0.4) is 0 Å². The van der Waals surface area contributed by atoms with Crippen LogP contribution in [0.5, 0.6) is 5.75 Å². The molecule has 1 aliphatic heterocycles. The van der Waals surface area contributed by atoms with Crippen molar-refractivity contribution >= 4 is 46.6 Å². The predicted molar refractivity (Wildman–Crippen MR) is 139 cm³/mol. The van der Waals surface area contributed by atoms with Crippen molar-refractivity contribution < 1.29 is 14.3 Å². The topological polar surface area (TPSA) is 82.4 Å². The third kappa shape index (κ3) is 5.35. The summed E-state index contributed by atoms with van der Waals surface area (Å²) < 4.78 is 5.21. The fourth-order valence-electron chi connectivity index (χ4n) is 3.64. The Labute approximate surface area is 213 Å². The van der Waals surface area contributed by atoms with Gasteiger partial charge in [0.2, 0.25) is 5.91 Å². The van der Waals surface area contributed by atoms with E-state index in [1.165, 1.54) is 16.7 Å². The highest BCUT2D eigenvalue weighted by Crippen LogP contribution is 2.42. The number of amides is 2. The van der Waals surface area contributed by atoms with E-state index in [9.17, 15) is 14.9 Å². The van der Waals surface area contributed by atoms with E-state index in [1.54, 1.807) is 31.4 Å². The molecule has 0 aliphatic carbocycles. The molecule has 6 nitrogen and oxygen atoms in total. The van der Waals surface area contributed by atoms with Crippen LogP contribution in [-0.2, 0) is 16.0 Å². The molecule has 0 bridgehead atoms. The first kappa shape index (κ1) is 24.4. The van der Waals surface area contributed by atoms with Crippen LogP contribution in [0, 0.1) is 18.3 Å². The Hall–Kier alpha value is -3.73. The number of nitriles is 1. The number of benzene rings is 3. The van der Waals surface area contributed by atoms with Gasteiger partial charge in [-0.15, -0.1) is 0 Å². The van der Waals surface area contributed by atoms with Gasteiger partial charge < -0.3 is 10.1 Å². The number of methoxy groups -OCH3 is 1. The molecule has 1 heterocycles. The maximum Gasteiger partial charge on any atom is 0.269 e. The maximum absolute atomic E-state index is 13.6. The van der Waals surface area contributed by atoms with E-state index in [0.717, 1.165) is 16.9 Å². The van der Waals surface area contributed by atoms with Crippen molar-refractivity contribution in [2.75, 3.05) is 17.3 Å². The number of para-hydroxylation sites is 1. The van der Waals surface area contributed by atoms with Gasteiger partial charge in [-0.3, -0.25) is 14.5 Å². The van der Waals surface area contributed by atoms with Crippen LogP contribution < -0.4 is 15.0 Å². The van der Waals surface area contributed by atoms with Gasteiger partial charge in [0.25, 0.3) is 5.91 Å². The largest absolute Gasteiger partial charge is 0.497 e. The molecule has 176 valence electrons. The first-order valence-corrected chi connectivity index (χ1v) is 12.1. The van der Waals surface area contributed by atoms with E-state index in [0.29, 0.717) is 27.8 Å². The Kier molecular flexibility index (Phi) is 7.45. The zero-order valence-corrected chi connectivity index (χ0v) is 20.7. The summed E-state index contributed by atoms with van der Waals surface area (Å²) in [5, 5.41) is 12.8. The van der Waals surface area contributed by atoms with E-state index in [4.69, 9.17) is 16.3 Å². The zero-order valence-electron chi connectivity index (χ0n) is 19.1. The minimum atomic E-state index is -0.627. The number of thioether (sulfide) groups is 1. The zero-order chi connectivity index (χ0) is 24.9. The fourth-order valence-corrected chi connectivity index (χ4v) is 5.13. The van der Waals surface area contributed by atoms with E-state index >= 15 is 0 Å². The average molecular weight is 504 g/mol. The van der Waals surface area contributed by atoms with E-state index < -0.39 is 11.2 Å². The van der Waals surface area contributed by atoms with Gasteiger partial charge in [-0.05, 0) is 55.3 Å². The van der Waals surface area contributed by atoms with Crippen LogP contribution in [0.15, 0.2) is 83.4 Å². The van der Waals surface area contributed by atoms with Gasteiger partial charge in [-0.2, -0.15) is 5.26 Å². The molecule has 0 saturated carbocycles. The van der Waals surface area contributed by atoms with Gasteiger partial charge in [0.05, 0.1) is 23.1 Å². The highest BCUT2D eigenvalue weighted by Gasteiger charge is 2.40. The summed E-state index contributed by atoms with van der Waals surface area (Å²) in [6.45, 7) is 1.95. The summed E-state index contributed by atoms with van der Waals surface area (Å²) in [6, 6.07) is 23.7. The molecule has 3 aromatic rings. The highest BCUT2D eigenvalue weighted by atomic mass is 35.5. The smallest absolute Gasteiger partial charge is 0.269 e. The number of carbonyl (C=O) groups is 2. The molecule has 1 unspecified atom stereocenters. The molecule has 1 saturated heterocycles. The van der Waals surface area contributed by atoms with E-state index in [-0.39, 0.29) is 11.5 Å². The number of anilines is 2. The molecular weight excluding hydrogens is 482 g/mol. The molecule has 0 radical (unpaired) electrons. The molecule has 1 fully saturated rings. The monoisotopic (exact) mass is 503 g/mol. The number of nitrogens with zero attached hydrogens (tertiary/aromatic N) is 2. The minimum Gasteiger partial charge on any atom is -0.497 e. The highest BCUT2D eigenvalue weighted by molar-refractivity contribution is 8.05. The van der Waals surface area contributed by atoms with Crippen LogP contribution >= 0.6 is 23.4 Å². The van der Waals surface area contributed by atoms with E-state index in [1.807, 2.05) is 61.5 Å². The van der Waals surface area contributed by atoms with Crippen molar-refractivity contribution in [1.29, 1.82) is 5.26 Å². The van der Waals surface area contributed by atoms with Gasteiger partial charge in [0.15, 0.2) is 0 Å². The number of hydrogen-bond donors (Lipinski definition) is 1. The number of ether oxygens (including phenoxy) is 1. The second-order valence-corrected chi connectivity index (χ2v) is 9.49. The lowest BCUT2D eigenvalue weighted by Crippen LogP contribution is -2.30. The SMILES string of the molecule is COc1ccc(CC2S/C(=C(/C#N)C(=O)Nc3ccccc3Cl)N(c3ccc(C)cc3)C2=O)cc1. The van der Waals surface area contributed by atoms with Crippen molar-refractivity contribution in [3.63, 3.8) is 0 Å². The number of carbonyl (C=O) groups excluding carboxylic acids is 2. The van der Waals surface area contributed by atoms with Gasteiger partial charge in [0.1, 0.15) is 22.4 Å². The summed E-state index contributed by atoms with van der Waals surface area (Å²) in [4.78, 5) is 28.2. The van der Waals surface area contributed by atoms with E-state index in [2.05, 4.69) is 5.32 Å². The number of halogens is 1. The first-order valence-electron chi connectivity index (χ1n) is 10.8. The number of hydrogen-bond acceptors (Lipinski definition) is 5. The van der Waals surface area contributed by atoms with Gasteiger partial charge >= 0.3 is 0 Å². The molecule has 2 amide bonds. The summed E-state index contributed by atoms with van der Waals surface area (Å²) in [7, 11) is 1.60. The van der Waals surface area contributed by atoms with Crippen molar-refractivity contribution in [3.8, 4) is 11.8 Å². The molecular formula is C27H22ClN3O3S. The summed E-state index contributed by atoms with van der Waals surface area (Å²) >= 11 is 7.40. The lowest BCUT2D eigenvalue weighted by Gasteiger charge is -2.19. The summed E-state index contributed by atoms with van der Waals surface area (Å²) in [5.41, 5.74) is 2.81. The molecule has 1 aliphatic rings. The Bertz CT molecular complexity index is 1330. The maximum atomic E-state index is 13.6. The number of rotatable bonds is 6. The quantitative estimate of drug-likeness (QED) is 0.343. The van der Waals surface area contributed by atoms with Crippen molar-refractivity contribution in [2.24, 2.45) is 0 Å². The standard InChI is InChI=1S/C27H22ClN3O3S/c1-17-7-11-19(12-8-17)31-26(33)24(15-18-9-13-20(34-2)14-10-18)35-27(31)21(16-29)25(32)30-23-6-4-3-5-22(23)28/h3-14,24H,15H2,1-2H3,(H,30,32)/b27-21-. The molecule has 1 N–H and O–H groups in total. The van der Waals surface area contributed by atoms with Crippen LogP contribution in [-0.4, -0.2) is 24.2 Å². The van der Waals surface area contributed by atoms with Gasteiger partial charge in [0, 0.05) is 5.69 Å². The van der Waals surface area contributed by atoms with Crippen LogP contribution in [0.25, 0.3) is 0 Å². The van der Waals surface area contributed by atoms with Gasteiger partial charge in [-0.25, -0.2) is 0 Å². The fraction of sp³-hybridized carbons (Fsp3) is 0.148. The molecule has 3 aromatic carbocycles. The number of aryl methyl sites for hydroxylation is 1. The molecule has 1 atom stereocenters.